The van der Waals surface area contributed by atoms with Crippen LogP contribution in [0.15, 0.2) is 24.3 Å². The Morgan fingerprint density at radius 1 is 1.39 bits per heavy atom. The molecule has 1 heterocycles. The van der Waals surface area contributed by atoms with Gasteiger partial charge in [-0.3, -0.25) is 4.79 Å². The van der Waals surface area contributed by atoms with Gasteiger partial charge in [0.2, 0.25) is 0 Å². The molecule has 1 fully saturated rings. The Labute approximate surface area is 107 Å². The largest absolute Gasteiger partial charge is 0.358 e. The monoisotopic (exact) mass is 242 g/mol. The van der Waals surface area contributed by atoms with Crippen LogP contribution in [-0.4, -0.2) is 24.4 Å². The summed E-state index contributed by atoms with van der Waals surface area (Å²) in [6.45, 7) is 2.77. The molecule has 0 saturated heterocycles. The zero-order valence-corrected chi connectivity index (χ0v) is 10.8. The Bertz CT molecular complexity index is 608. The highest BCUT2D eigenvalue weighted by molar-refractivity contribution is 6.12. The highest BCUT2D eigenvalue weighted by atomic mass is 16.1. The minimum Gasteiger partial charge on any atom is -0.358 e. The number of Topliss-reactive ketones (excluding diaryl/α,β-unsaturated/α-hetero) is 1. The SMILES string of the molecule is CNCC1(C(=O)c2c(C)[nH]c3ccccc23)CC1. The normalized spacial score (nSPS) is 17.0. The number of benzene rings is 1. The van der Waals surface area contributed by atoms with E-state index < -0.39 is 0 Å². The Balaban J connectivity index is 2.09. The van der Waals surface area contributed by atoms with Crippen molar-refractivity contribution < 1.29 is 4.79 Å². The summed E-state index contributed by atoms with van der Waals surface area (Å²) in [6, 6.07) is 8.04. The minimum absolute atomic E-state index is 0.148. The first-order valence-electron chi connectivity index (χ1n) is 6.45. The van der Waals surface area contributed by atoms with Crippen LogP contribution in [0, 0.1) is 12.3 Å². The van der Waals surface area contributed by atoms with E-state index in [1.807, 2.05) is 38.2 Å². The van der Waals surface area contributed by atoms with Crippen LogP contribution in [0.5, 0.6) is 0 Å². The molecule has 0 bridgehead atoms. The molecular weight excluding hydrogens is 224 g/mol. The fraction of sp³-hybridized carbons (Fsp3) is 0.400. The molecule has 1 aromatic heterocycles. The molecule has 1 aliphatic carbocycles. The molecule has 0 radical (unpaired) electrons. The number of para-hydroxylation sites is 1. The van der Waals surface area contributed by atoms with Gasteiger partial charge in [0.1, 0.15) is 0 Å². The first kappa shape index (κ1) is 11.5. The molecule has 1 aliphatic rings. The van der Waals surface area contributed by atoms with Crippen LogP contribution in [0.1, 0.15) is 28.9 Å². The molecule has 0 atom stereocenters. The summed E-state index contributed by atoms with van der Waals surface area (Å²) in [6.07, 6.45) is 2.01. The van der Waals surface area contributed by atoms with Gasteiger partial charge in [0, 0.05) is 34.1 Å². The molecule has 3 nitrogen and oxygen atoms in total. The number of H-pyrrole nitrogens is 1. The van der Waals surface area contributed by atoms with Gasteiger partial charge in [-0.15, -0.1) is 0 Å². The molecule has 3 heteroatoms. The average molecular weight is 242 g/mol. The minimum atomic E-state index is -0.148. The maximum Gasteiger partial charge on any atom is 0.172 e. The quantitative estimate of drug-likeness (QED) is 0.810. The molecule has 0 aliphatic heterocycles. The van der Waals surface area contributed by atoms with Crippen LogP contribution in [0.3, 0.4) is 0 Å². The second-order valence-corrected chi connectivity index (χ2v) is 5.31. The van der Waals surface area contributed by atoms with Gasteiger partial charge in [0.05, 0.1) is 0 Å². The van der Waals surface area contributed by atoms with E-state index in [2.05, 4.69) is 10.3 Å². The maximum atomic E-state index is 12.8. The summed E-state index contributed by atoms with van der Waals surface area (Å²) < 4.78 is 0. The Morgan fingerprint density at radius 3 is 2.78 bits per heavy atom. The number of aromatic nitrogens is 1. The zero-order valence-electron chi connectivity index (χ0n) is 10.8. The summed E-state index contributed by atoms with van der Waals surface area (Å²) in [5.41, 5.74) is 2.78. The molecule has 1 aromatic carbocycles. The van der Waals surface area contributed by atoms with Crippen molar-refractivity contribution in [1.29, 1.82) is 0 Å². The number of carbonyl (C=O) groups excluding carboxylic acids is 1. The lowest BCUT2D eigenvalue weighted by molar-refractivity contribution is 0.0901. The predicted octanol–water partition coefficient (Wildman–Crippen LogP) is 2.66. The number of aromatic amines is 1. The topological polar surface area (TPSA) is 44.9 Å². The molecule has 18 heavy (non-hydrogen) atoms. The highest BCUT2D eigenvalue weighted by Crippen LogP contribution is 2.48. The number of aryl methyl sites for hydroxylation is 1. The lowest BCUT2D eigenvalue weighted by atomic mass is 9.93. The van der Waals surface area contributed by atoms with Crippen molar-refractivity contribution in [2.24, 2.45) is 5.41 Å². The Hall–Kier alpha value is -1.61. The summed E-state index contributed by atoms with van der Waals surface area (Å²) in [5.74, 6) is 0.298. The summed E-state index contributed by atoms with van der Waals surface area (Å²) in [5, 5.41) is 4.21. The van der Waals surface area contributed by atoms with Crippen molar-refractivity contribution in [3.05, 3.63) is 35.5 Å². The Morgan fingerprint density at radius 2 is 2.11 bits per heavy atom. The number of carbonyl (C=O) groups is 1. The smallest absolute Gasteiger partial charge is 0.172 e. The molecule has 2 N–H and O–H groups in total. The van der Waals surface area contributed by atoms with Gasteiger partial charge in [-0.1, -0.05) is 18.2 Å². The molecule has 94 valence electrons. The fourth-order valence-corrected chi connectivity index (χ4v) is 2.81. The van der Waals surface area contributed by atoms with Crippen molar-refractivity contribution in [2.45, 2.75) is 19.8 Å². The summed E-state index contributed by atoms with van der Waals surface area (Å²) in [7, 11) is 1.91. The fourth-order valence-electron chi connectivity index (χ4n) is 2.81. The molecule has 0 unspecified atom stereocenters. The third-order valence-corrected chi connectivity index (χ3v) is 3.97. The van der Waals surface area contributed by atoms with Crippen LogP contribution >= 0.6 is 0 Å². The molecular formula is C15H18N2O. The second kappa shape index (κ2) is 3.95. The third kappa shape index (κ3) is 1.58. The van der Waals surface area contributed by atoms with Crippen LogP contribution in [0.4, 0.5) is 0 Å². The van der Waals surface area contributed by atoms with E-state index in [1.165, 1.54) is 0 Å². The standard InChI is InChI=1S/C15H18N2O/c1-10-13(11-5-3-4-6-12(11)17-10)14(18)15(7-8-15)9-16-2/h3-6,16-17H,7-9H2,1-2H3. The van der Waals surface area contributed by atoms with Crippen molar-refractivity contribution in [2.75, 3.05) is 13.6 Å². The number of hydrogen-bond donors (Lipinski definition) is 2. The van der Waals surface area contributed by atoms with Gasteiger partial charge >= 0.3 is 0 Å². The van der Waals surface area contributed by atoms with Crippen molar-refractivity contribution >= 4 is 16.7 Å². The zero-order chi connectivity index (χ0) is 12.8. The van der Waals surface area contributed by atoms with Crippen molar-refractivity contribution in [3.63, 3.8) is 0 Å². The number of ketones is 1. The van der Waals surface area contributed by atoms with Gasteiger partial charge in [-0.25, -0.2) is 0 Å². The maximum absolute atomic E-state index is 12.8. The van der Waals surface area contributed by atoms with Gasteiger partial charge < -0.3 is 10.3 Å². The molecule has 1 saturated carbocycles. The van der Waals surface area contributed by atoms with Gasteiger partial charge in [0.15, 0.2) is 5.78 Å². The van der Waals surface area contributed by atoms with E-state index in [0.717, 1.165) is 41.5 Å². The highest BCUT2D eigenvalue weighted by Gasteiger charge is 2.50. The number of fused-ring (bicyclic) bond motifs is 1. The number of nitrogens with one attached hydrogen (secondary N) is 2. The van der Waals surface area contributed by atoms with E-state index in [0.29, 0.717) is 5.78 Å². The third-order valence-electron chi connectivity index (χ3n) is 3.97. The predicted molar refractivity (Wildman–Crippen MR) is 73.0 cm³/mol. The van der Waals surface area contributed by atoms with E-state index in [-0.39, 0.29) is 5.41 Å². The van der Waals surface area contributed by atoms with E-state index in [9.17, 15) is 4.79 Å². The van der Waals surface area contributed by atoms with Crippen molar-refractivity contribution in [3.8, 4) is 0 Å². The van der Waals surface area contributed by atoms with Crippen LogP contribution in [0.25, 0.3) is 10.9 Å². The lowest BCUT2D eigenvalue weighted by Gasteiger charge is -2.13. The number of rotatable bonds is 4. The summed E-state index contributed by atoms with van der Waals surface area (Å²) >= 11 is 0. The summed E-state index contributed by atoms with van der Waals surface area (Å²) in [4.78, 5) is 16.1. The molecule has 0 amide bonds. The van der Waals surface area contributed by atoms with Crippen LogP contribution in [0.2, 0.25) is 0 Å². The van der Waals surface area contributed by atoms with E-state index >= 15 is 0 Å². The van der Waals surface area contributed by atoms with Crippen LogP contribution < -0.4 is 5.32 Å². The molecule has 3 rings (SSSR count). The first-order chi connectivity index (χ1) is 8.68. The lowest BCUT2D eigenvalue weighted by Crippen LogP contribution is -2.28. The first-order valence-corrected chi connectivity index (χ1v) is 6.45. The second-order valence-electron chi connectivity index (χ2n) is 5.31. The molecule has 2 aromatic rings. The Kier molecular flexibility index (Phi) is 2.52. The van der Waals surface area contributed by atoms with E-state index in [1.54, 1.807) is 0 Å². The number of hydrogen-bond acceptors (Lipinski definition) is 2. The van der Waals surface area contributed by atoms with Gasteiger partial charge in [-0.2, -0.15) is 0 Å². The van der Waals surface area contributed by atoms with E-state index in [4.69, 9.17) is 0 Å². The molecule has 0 spiro atoms. The van der Waals surface area contributed by atoms with Crippen molar-refractivity contribution in [1.82, 2.24) is 10.3 Å². The average Bonchev–Trinajstić information content (AvgIpc) is 3.05. The van der Waals surface area contributed by atoms with Gasteiger partial charge in [0.25, 0.3) is 0 Å². The van der Waals surface area contributed by atoms with Crippen LogP contribution in [-0.2, 0) is 0 Å². The van der Waals surface area contributed by atoms with Gasteiger partial charge in [-0.05, 0) is 32.9 Å².